The summed E-state index contributed by atoms with van der Waals surface area (Å²) in [6.07, 6.45) is 0.783. The molecule has 1 aromatic heterocycles. The number of halogens is 1. The van der Waals surface area contributed by atoms with Crippen LogP contribution in [0.15, 0.2) is 24.3 Å². The van der Waals surface area contributed by atoms with E-state index in [1.54, 1.807) is 29.5 Å². The van der Waals surface area contributed by atoms with Crippen molar-refractivity contribution in [3.63, 3.8) is 0 Å². The van der Waals surface area contributed by atoms with Gasteiger partial charge >= 0.3 is 0 Å². The van der Waals surface area contributed by atoms with Crippen LogP contribution in [0.3, 0.4) is 0 Å². The van der Waals surface area contributed by atoms with Crippen LogP contribution in [-0.4, -0.2) is 17.4 Å². The fourth-order valence-electron chi connectivity index (χ4n) is 1.83. The van der Waals surface area contributed by atoms with Gasteiger partial charge < -0.3 is 5.32 Å². The number of hydrogen-bond donors (Lipinski definition) is 1. The maximum absolute atomic E-state index is 13.4. The number of carbonyl (C=O) groups is 1. The summed E-state index contributed by atoms with van der Waals surface area (Å²) in [5, 5.41) is 3.82. The number of amides is 1. The molecule has 0 spiro atoms. The zero-order chi connectivity index (χ0) is 14.5. The normalized spacial score (nSPS) is 10.6. The second-order valence-electron chi connectivity index (χ2n) is 4.62. The van der Waals surface area contributed by atoms with E-state index in [0.29, 0.717) is 18.5 Å². The number of aryl methyl sites for hydroxylation is 2. The van der Waals surface area contributed by atoms with Crippen LogP contribution in [0.25, 0.3) is 0 Å². The molecule has 2 aromatic rings. The Morgan fingerprint density at radius 1 is 1.35 bits per heavy atom. The lowest BCUT2D eigenvalue weighted by molar-refractivity contribution is -0.120. The highest BCUT2D eigenvalue weighted by atomic mass is 32.1. The summed E-state index contributed by atoms with van der Waals surface area (Å²) in [5.41, 5.74) is 1.47. The molecule has 0 aliphatic carbocycles. The van der Waals surface area contributed by atoms with Gasteiger partial charge in [-0.1, -0.05) is 18.2 Å². The first-order valence-electron chi connectivity index (χ1n) is 6.49. The first-order chi connectivity index (χ1) is 9.56. The van der Waals surface area contributed by atoms with Gasteiger partial charge in [0.2, 0.25) is 5.91 Å². The van der Waals surface area contributed by atoms with Crippen molar-refractivity contribution in [3.05, 3.63) is 51.2 Å². The van der Waals surface area contributed by atoms with Crippen molar-refractivity contribution < 1.29 is 9.18 Å². The molecule has 1 aromatic carbocycles. The van der Waals surface area contributed by atoms with Gasteiger partial charge in [0.25, 0.3) is 0 Å². The van der Waals surface area contributed by atoms with Gasteiger partial charge in [-0.15, -0.1) is 11.3 Å². The SMILES string of the molecule is Cc1nc(CCNC(=O)Cc2ccccc2F)sc1C. The van der Waals surface area contributed by atoms with E-state index in [9.17, 15) is 9.18 Å². The molecule has 1 heterocycles. The van der Waals surface area contributed by atoms with Crippen LogP contribution in [0, 0.1) is 19.7 Å². The van der Waals surface area contributed by atoms with E-state index >= 15 is 0 Å². The summed E-state index contributed by atoms with van der Waals surface area (Å²) in [6, 6.07) is 6.34. The van der Waals surface area contributed by atoms with Crippen LogP contribution in [0.5, 0.6) is 0 Å². The maximum Gasteiger partial charge on any atom is 0.224 e. The van der Waals surface area contributed by atoms with Gasteiger partial charge in [0.15, 0.2) is 0 Å². The van der Waals surface area contributed by atoms with Gasteiger partial charge in [0.1, 0.15) is 5.82 Å². The fraction of sp³-hybridized carbons (Fsp3) is 0.333. The summed E-state index contributed by atoms with van der Waals surface area (Å²) in [6.45, 7) is 4.54. The van der Waals surface area contributed by atoms with Crippen molar-refractivity contribution in [3.8, 4) is 0 Å². The molecule has 0 saturated heterocycles. The van der Waals surface area contributed by atoms with Crippen molar-refractivity contribution in [1.29, 1.82) is 0 Å². The topological polar surface area (TPSA) is 42.0 Å². The molecule has 0 aliphatic rings. The van der Waals surface area contributed by atoms with Gasteiger partial charge in [0, 0.05) is 17.8 Å². The number of carbonyl (C=O) groups excluding carboxylic acids is 1. The molecule has 0 unspecified atom stereocenters. The van der Waals surface area contributed by atoms with Gasteiger partial charge in [0.05, 0.1) is 17.1 Å². The third-order valence-corrected chi connectivity index (χ3v) is 4.18. The summed E-state index contributed by atoms with van der Waals surface area (Å²) < 4.78 is 13.4. The molecule has 1 amide bonds. The molecule has 5 heteroatoms. The molecular formula is C15H17FN2OS. The van der Waals surface area contributed by atoms with Crippen LogP contribution in [0.4, 0.5) is 4.39 Å². The average molecular weight is 292 g/mol. The highest BCUT2D eigenvalue weighted by Crippen LogP contribution is 2.16. The van der Waals surface area contributed by atoms with Gasteiger partial charge in [-0.2, -0.15) is 0 Å². The molecule has 0 atom stereocenters. The predicted octanol–water partition coefficient (Wildman–Crippen LogP) is 2.80. The number of benzene rings is 1. The smallest absolute Gasteiger partial charge is 0.224 e. The van der Waals surface area contributed by atoms with Crippen molar-refractivity contribution in [2.45, 2.75) is 26.7 Å². The monoisotopic (exact) mass is 292 g/mol. The van der Waals surface area contributed by atoms with E-state index in [1.165, 1.54) is 10.9 Å². The molecule has 20 heavy (non-hydrogen) atoms. The Morgan fingerprint density at radius 3 is 2.75 bits per heavy atom. The first kappa shape index (κ1) is 14.7. The standard InChI is InChI=1S/C15H17FN2OS/c1-10-11(2)20-15(18-10)7-8-17-14(19)9-12-5-3-4-6-13(12)16/h3-6H,7-9H2,1-2H3,(H,17,19). The van der Waals surface area contributed by atoms with E-state index in [0.717, 1.165) is 10.7 Å². The van der Waals surface area contributed by atoms with E-state index in [4.69, 9.17) is 0 Å². The van der Waals surface area contributed by atoms with Crippen LogP contribution in [0.2, 0.25) is 0 Å². The Bertz CT molecular complexity index is 590. The Kier molecular flexibility index (Phi) is 4.84. The lowest BCUT2D eigenvalue weighted by Crippen LogP contribution is -2.27. The molecule has 3 nitrogen and oxygen atoms in total. The number of hydrogen-bond acceptors (Lipinski definition) is 3. The second kappa shape index (κ2) is 6.61. The minimum atomic E-state index is -0.339. The number of aromatic nitrogens is 1. The summed E-state index contributed by atoms with van der Waals surface area (Å²) in [7, 11) is 0. The number of nitrogens with one attached hydrogen (secondary N) is 1. The van der Waals surface area contributed by atoms with Crippen molar-refractivity contribution in [2.75, 3.05) is 6.54 Å². The van der Waals surface area contributed by atoms with Crippen molar-refractivity contribution in [2.24, 2.45) is 0 Å². The van der Waals surface area contributed by atoms with E-state index in [1.807, 2.05) is 13.8 Å². The van der Waals surface area contributed by atoms with Gasteiger partial charge in [-0.05, 0) is 25.5 Å². The zero-order valence-corrected chi connectivity index (χ0v) is 12.4. The van der Waals surface area contributed by atoms with E-state index in [-0.39, 0.29) is 18.1 Å². The predicted molar refractivity (Wildman–Crippen MR) is 78.4 cm³/mol. The van der Waals surface area contributed by atoms with Crippen molar-refractivity contribution >= 4 is 17.2 Å². The molecule has 106 valence electrons. The summed E-state index contributed by atoms with van der Waals surface area (Å²) >= 11 is 1.65. The van der Waals surface area contributed by atoms with Crippen LogP contribution in [-0.2, 0) is 17.6 Å². The number of rotatable bonds is 5. The third kappa shape index (κ3) is 3.87. The third-order valence-electron chi connectivity index (χ3n) is 3.04. The summed E-state index contributed by atoms with van der Waals surface area (Å²) in [4.78, 5) is 17.4. The number of nitrogens with zero attached hydrogens (tertiary/aromatic N) is 1. The number of thiazole rings is 1. The van der Waals surface area contributed by atoms with Crippen molar-refractivity contribution in [1.82, 2.24) is 10.3 Å². The lowest BCUT2D eigenvalue weighted by Gasteiger charge is -2.05. The molecule has 0 fully saturated rings. The molecule has 0 bridgehead atoms. The minimum Gasteiger partial charge on any atom is -0.355 e. The van der Waals surface area contributed by atoms with Crippen LogP contribution < -0.4 is 5.32 Å². The fourth-order valence-corrected chi connectivity index (χ4v) is 2.77. The Labute approximate surface area is 121 Å². The van der Waals surface area contributed by atoms with Gasteiger partial charge in [-0.3, -0.25) is 4.79 Å². The second-order valence-corrected chi connectivity index (χ2v) is 5.91. The average Bonchev–Trinajstić information content (AvgIpc) is 2.71. The molecular weight excluding hydrogens is 275 g/mol. The lowest BCUT2D eigenvalue weighted by atomic mass is 10.1. The molecule has 0 saturated carbocycles. The molecule has 0 radical (unpaired) electrons. The molecule has 2 rings (SSSR count). The summed E-state index contributed by atoms with van der Waals surface area (Å²) in [5.74, 6) is -0.506. The highest BCUT2D eigenvalue weighted by Gasteiger charge is 2.08. The van der Waals surface area contributed by atoms with E-state index in [2.05, 4.69) is 10.3 Å². The maximum atomic E-state index is 13.4. The van der Waals surface area contributed by atoms with Gasteiger partial charge in [-0.25, -0.2) is 9.37 Å². The molecule has 1 N–H and O–H groups in total. The van der Waals surface area contributed by atoms with Crippen LogP contribution >= 0.6 is 11.3 Å². The Morgan fingerprint density at radius 2 is 2.10 bits per heavy atom. The quantitative estimate of drug-likeness (QED) is 0.920. The largest absolute Gasteiger partial charge is 0.355 e. The molecule has 0 aliphatic heterocycles. The Balaban J connectivity index is 1.80. The van der Waals surface area contributed by atoms with Crippen LogP contribution in [0.1, 0.15) is 21.1 Å². The highest BCUT2D eigenvalue weighted by molar-refractivity contribution is 7.11. The zero-order valence-electron chi connectivity index (χ0n) is 11.6. The van der Waals surface area contributed by atoms with E-state index < -0.39 is 0 Å². The first-order valence-corrected chi connectivity index (χ1v) is 7.31. The Hall–Kier alpha value is -1.75. The minimum absolute atomic E-state index is 0.0720.